The molecule has 1 aliphatic heterocycles. The molecule has 2 N–H and O–H groups in total. The summed E-state index contributed by atoms with van der Waals surface area (Å²) in [5.41, 5.74) is 2.29. The molecule has 0 atom stereocenters. The summed E-state index contributed by atoms with van der Waals surface area (Å²) in [5, 5.41) is 2.73. The second-order valence-electron chi connectivity index (χ2n) is 6.30. The van der Waals surface area contributed by atoms with Crippen LogP contribution in [0, 0.1) is 6.92 Å². The number of benzene rings is 2. The van der Waals surface area contributed by atoms with Gasteiger partial charge >= 0.3 is 0 Å². The second-order valence-corrected chi connectivity index (χ2v) is 8.11. The van der Waals surface area contributed by atoms with Crippen molar-refractivity contribution in [1.82, 2.24) is 4.72 Å². The van der Waals surface area contributed by atoms with Gasteiger partial charge in [-0.1, -0.05) is 29.8 Å². The first-order valence-electron chi connectivity index (χ1n) is 8.64. The predicted molar refractivity (Wildman–Crippen MR) is 102 cm³/mol. The number of carbonyl (C=O) groups is 1. The van der Waals surface area contributed by atoms with E-state index in [2.05, 4.69) is 10.0 Å². The van der Waals surface area contributed by atoms with E-state index in [4.69, 9.17) is 9.47 Å². The Kier molecular flexibility index (Phi) is 5.98. The van der Waals surface area contributed by atoms with Crippen molar-refractivity contribution in [2.45, 2.75) is 19.1 Å². The fraction of sp³-hybridized carbons (Fsp3) is 0.316. The third-order valence-corrected chi connectivity index (χ3v) is 5.30. The molecule has 0 saturated carbocycles. The fourth-order valence-corrected chi connectivity index (χ4v) is 3.87. The van der Waals surface area contributed by atoms with E-state index in [0.717, 1.165) is 5.56 Å². The van der Waals surface area contributed by atoms with Crippen LogP contribution in [0.2, 0.25) is 0 Å². The van der Waals surface area contributed by atoms with Crippen LogP contribution in [0.4, 0.5) is 5.69 Å². The third kappa shape index (κ3) is 5.70. The third-order valence-electron chi connectivity index (χ3n) is 3.94. The van der Waals surface area contributed by atoms with E-state index < -0.39 is 10.0 Å². The van der Waals surface area contributed by atoms with Gasteiger partial charge in [0, 0.05) is 24.7 Å². The standard InChI is InChI=1S/C19H22N2O5S/c1-14-3-2-4-15(11-14)13-27(23,24)20-8-7-19(22)21-16-5-6-17-18(12-16)26-10-9-25-17/h2-6,11-12,20H,7-10,13H2,1H3,(H,21,22). The topological polar surface area (TPSA) is 93.7 Å². The molecular weight excluding hydrogens is 368 g/mol. The van der Waals surface area contributed by atoms with Gasteiger partial charge < -0.3 is 14.8 Å². The molecule has 0 unspecified atom stereocenters. The Morgan fingerprint density at radius 2 is 1.85 bits per heavy atom. The summed E-state index contributed by atoms with van der Waals surface area (Å²) in [6.45, 7) is 2.91. The molecule has 2 aromatic carbocycles. The summed E-state index contributed by atoms with van der Waals surface area (Å²) in [4.78, 5) is 12.1. The highest BCUT2D eigenvalue weighted by Crippen LogP contribution is 2.32. The molecule has 0 saturated heterocycles. The summed E-state index contributed by atoms with van der Waals surface area (Å²) in [5.74, 6) is 0.823. The summed E-state index contributed by atoms with van der Waals surface area (Å²) in [6.07, 6.45) is 0.0293. The molecule has 0 radical (unpaired) electrons. The van der Waals surface area contributed by atoms with Gasteiger partial charge in [0.25, 0.3) is 0 Å². The number of hydrogen-bond acceptors (Lipinski definition) is 5. The number of amides is 1. The van der Waals surface area contributed by atoms with Crippen LogP contribution in [0.3, 0.4) is 0 Å². The van der Waals surface area contributed by atoms with E-state index >= 15 is 0 Å². The zero-order chi connectivity index (χ0) is 19.3. The van der Waals surface area contributed by atoms with Crippen molar-refractivity contribution in [1.29, 1.82) is 0 Å². The Hall–Kier alpha value is -2.58. The number of aryl methyl sites for hydroxylation is 1. The van der Waals surface area contributed by atoms with Crippen molar-refractivity contribution in [3.63, 3.8) is 0 Å². The lowest BCUT2D eigenvalue weighted by atomic mass is 10.2. The SMILES string of the molecule is Cc1cccc(CS(=O)(=O)NCCC(=O)Nc2ccc3c(c2)OCCO3)c1. The molecule has 1 heterocycles. The van der Waals surface area contributed by atoms with Gasteiger partial charge in [0.05, 0.1) is 5.75 Å². The maximum atomic E-state index is 12.1. The smallest absolute Gasteiger partial charge is 0.225 e. The molecule has 0 aliphatic carbocycles. The molecule has 144 valence electrons. The number of hydrogen-bond donors (Lipinski definition) is 2. The Bertz CT molecular complexity index is 927. The molecule has 0 aromatic heterocycles. The summed E-state index contributed by atoms with van der Waals surface area (Å²) < 4.78 is 37.6. The largest absolute Gasteiger partial charge is 0.486 e. The molecule has 7 nitrogen and oxygen atoms in total. The van der Waals surface area contributed by atoms with Gasteiger partial charge in [-0.25, -0.2) is 13.1 Å². The number of anilines is 1. The van der Waals surface area contributed by atoms with Crippen LogP contribution in [0.1, 0.15) is 17.5 Å². The Morgan fingerprint density at radius 1 is 1.07 bits per heavy atom. The van der Waals surface area contributed by atoms with Crippen LogP contribution in [-0.2, 0) is 20.6 Å². The van der Waals surface area contributed by atoms with Crippen LogP contribution in [-0.4, -0.2) is 34.1 Å². The molecule has 0 bridgehead atoms. The first kappa shape index (κ1) is 19.2. The lowest BCUT2D eigenvalue weighted by Crippen LogP contribution is -2.29. The van der Waals surface area contributed by atoms with Gasteiger partial charge in [-0.15, -0.1) is 0 Å². The Morgan fingerprint density at radius 3 is 2.63 bits per heavy atom. The monoisotopic (exact) mass is 390 g/mol. The molecule has 0 spiro atoms. The molecular formula is C19H22N2O5S. The molecule has 27 heavy (non-hydrogen) atoms. The van der Waals surface area contributed by atoms with E-state index in [-0.39, 0.29) is 24.6 Å². The Balaban J connectivity index is 1.47. The van der Waals surface area contributed by atoms with E-state index in [1.54, 1.807) is 24.3 Å². The number of carbonyl (C=O) groups excluding carboxylic acids is 1. The minimum Gasteiger partial charge on any atom is -0.486 e. The highest BCUT2D eigenvalue weighted by molar-refractivity contribution is 7.88. The summed E-state index contributed by atoms with van der Waals surface area (Å²) in [7, 11) is -3.50. The van der Waals surface area contributed by atoms with Crippen molar-refractivity contribution in [3.05, 3.63) is 53.6 Å². The van der Waals surface area contributed by atoms with Gasteiger partial charge in [-0.3, -0.25) is 4.79 Å². The molecule has 8 heteroatoms. The van der Waals surface area contributed by atoms with Crippen molar-refractivity contribution in [2.24, 2.45) is 0 Å². The quantitative estimate of drug-likeness (QED) is 0.756. The maximum absolute atomic E-state index is 12.1. The van der Waals surface area contributed by atoms with Crippen LogP contribution >= 0.6 is 0 Å². The molecule has 0 fully saturated rings. The van der Waals surface area contributed by atoms with Crippen LogP contribution in [0.25, 0.3) is 0 Å². The summed E-state index contributed by atoms with van der Waals surface area (Å²) >= 11 is 0. The van der Waals surface area contributed by atoms with Crippen LogP contribution in [0.5, 0.6) is 11.5 Å². The van der Waals surface area contributed by atoms with Gasteiger partial charge in [0.15, 0.2) is 11.5 Å². The average Bonchev–Trinajstić information content (AvgIpc) is 2.61. The number of rotatable bonds is 7. The number of ether oxygens (including phenoxy) is 2. The minimum absolute atomic E-state index is 0.0293. The lowest BCUT2D eigenvalue weighted by Gasteiger charge is -2.19. The first-order chi connectivity index (χ1) is 12.9. The van der Waals surface area contributed by atoms with Crippen LogP contribution in [0.15, 0.2) is 42.5 Å². The Labute approximate surface area is 158 Å². The minimum atomic E-state index is -3.50. The molecule has 2 aromatic rings. The number of nitrogens with one attached hydrogen (secondary N) is 2. The molecule has 1 amide bonds. The number of sulfonamides is 1. The highest BCUT2D eigenvalue weighted by Gasteiger charge is 2.14. The van der Waals surface area contributed by atoms with E-state index in [9.17, 15) is 13.2 Å². The highest BCUT2D eigenvalue weighted by atomic mass is 32.2. The lowest BCUT2D eigenvalue weighted by molar-refractivity contribution is -0.116. The fourth-order valence-electron chi connectivity index (χ4n) is 2.74. The van der Waals surface area contributed by atoms with Gasteiger partial charge in [0.1, 0.15) is 13.2 Å². The zero-order valence-corrected chi connectivity index (χ0v) is 15.8. The van der Waals surface area contributed by atoms with Gasteiger partial charge in [-0.2, -0.15) is 0 Å². The van der Waals surface area contributed by atoms with Crippen molar-refractivity contribution >= 4 is 21.6 Å². The van der Waals surface area contributed by atoms with E-state index in [1.165, 1.54) is 0 Å². The van der Waals surface area contributed by atoms with Crippen molar-refractivity contribution in [3.8, 4) is 11.5 Å². The number of fused-ring (bicyclic) bond motifs is 1. The van der Waals surface area contributed by atoms with Crippen LogP contribution < -0.4 is 19.5 Å². The zero-order valence-electron chi connectivity index (χ0n) is 15.0. The van der Waals surface area contributed by atoms with E-state index in [0.29, 0.717) is 36.0 Å². The first-order valence-corrected chi connectivity index (χ1v) is 10.3. The van der Waals surface area contributed by atoms with Gasteiger partial charge in [0.2, 0.25) is 15.9 Å². The molecule has 3 rings (SSSR count). The summed E-state index contributed by atoms with van der Waals surface area (Å²) in [6, 6.07) is 12.5. The molecule has 1 aliphatic rings. The van der Waals surface area contributed by atoms with E-state index in [1.807, 2.05) is 25.1 Å². The van der Waals surface area contributed by atoms with Crippen molar-refractivity contribution < 1.29 is 22.7 Å². The van der Waals surface area contributed by atoms with Gasteiger partial charge in [-0.05, 0) is 24.6 Å². The maximum Gasteiger partial charge on any atom is 0.225 e. The predicted octanol–water partition coefficient (Wildman–Crippen LogP) is 2.21. The average molecular weight is 390 g/mol. The second kappa shape index (κ2) is 8.41. The van der Waals surface area contributed by atoms with Crippen molar-refractivity contribution in [2.75, 3.05) is 25.1 Å². The normalized spacial score (nSPS) is 13.2.